The molecule has 100 valence electrons. The van der Waals surface area contributed by atoms with Gasteiger partial charge in [-0.1, -0.05) is 13.8 Å². The molecule has 0 spiro atoms. The first-order chi connectivity index (χ1) is 7.97. The molecule has 17 heavy (non-hydrogen) atoms. The van der Waals surface area contributed by atoms with E-state index in [2.05, 4.69) is 10.6 Å². The first-order valence-electron chi connectivity index (χ1n) is 5.69. The number of amides is 1. The van der Waals surface area contributed by atoms with Crippen molar-refractivity contribution in [1.29, 1.82) is 0 Å². The van der Waals surface area contributed by atoms with E-state index < -0.39 is 12.0 Å². The van der Waals surface area contributed by atoms with Gasteiger partial charge in [0.25, 0.3) is 0 Å². The quantitative estimate of drug-likeness (QED) is 0.492. The minimum atomic E-state index is -0.996. The predicted octanol–water partition coefficient (Wildman–Crippen LogP) is -0.162. The molecule has 6 heteroatoms. The normalized spacial score (nSPS) is 12.5. The van der Waals surface area contributed by atoms with Gasteiger partial charge in [-0.15, -0.1) is 0 Å². The number of aliphatic carboxylic acids is 1. The predicted molar refractivity (Wildman–Crippen MR) is 63.8 cm³/mol. The number of hydrogen-bond donors (Lipinski definition) is 3. The fraction of sp³-hybridized carbons (Fsp3) is 0.818. The number of carbonyl (C=O) groups excluding carboxylic acids is 1. The Labute approximate surface area is 102 Å². The van der Waals surface area contributed by atoms with Crippen molar-refractivity contribution in [2.24, 2.45) is 5.92 Å². The second kappa shape index (κ2) is 8.95. The first-order valence-corrected chi connectivity index (χ1v) is 5.69. The number of carboxylic acids is 1. The number of carboxylic acid groups (broad SMARTS) is 1. The van der Waals surface area contributed by atoms with Crippen LogP contribution in [0.1, 0.15) is 20.3 Å². The van der Waals surface area contributed by atoms with Gasteiger partial charge in [0.15, 0.2) is 0 Å². The molecular formula is C11H22N2O4. The van der Waals surface area contributed by atoms with Gasteiger partial charge < -0.3 is 20.5 Å². The Morgan fingerprint density at radius 2 is 2.00 bits per heavy atom. The highest BCUT2D eigenvalue weighted by Crippen LogP contribution is 2.04. The van der Waals surface area contributed by atoms with Crippen molar-refractivity contribution in [3.8, 4) is 0 Å². The van der Waals surface area contributed by atoms with Gasteiger partial charge in [-0.3, -0.25) is 4.79 Å². The van der Waals surface area contributed by atoms with Crippen molar-refractivity contribution in [2.45, 2.75) is 26.3 Å². The molecule has 0 fully saturated rings. The lowest BCUT2D eigenvalue weighted by molar-refractivity contribution is -0.142. The number of hydrogen-bond acceptors (Lipinski definition) is 4. The van der Waals surface area contributed by atoms with E-state index in [4.69, 9.17) is 9.84 Å². The van der Waals surface area contributed by atoms with Crippen LogP contribution >= 0.6 is 0 Å². The van der Waals surface area contributed by atoms with Crippen LogP contribution in [0, 0.1) is 5.92 Å². The number of nitrogens with one attached hydrogen (secondary N) is 2. The molecular weight excluding hydrogens is 224 g/mol. The van der Waals surface area contributed by atoms with E-state index in [1.165, 1.54) is 0 Å². The second-order valence-electron chi connectivity index (χ2n) is 4.26. The Balaban J connectivity index is 3.91. The highest BCUT2D eigenvalue weighted by atomic mass is 16.5. The van der Waals surface area contributed by atoms with Crippen LogP contribution < -0.4 is 10.6 Å². The van der Waals surface area contributed by atoms with Crippen LogP contribution in [0.3, 0.4) is 0 Å². The van der Waals surface area contributed by atoms with Crippen molar-refractivity contribution in [1.82, 2.24) is 10.6 Å². The van der Waals surface area contributed by atoms with Crippen molar-refractivity contribution in [3.63, 3.8) is 0 Å². The molecule has 0 aliphatic heterocycles. The SMILES string of the molecule is COCCNCC(=O)N[C@@H](CC(C)C)C(=O)O. The second-order valence-corrected chi connectivity index (χ2v) is 4.26. The minimum Gasteiger partial charge on any atom is -0.480 e. The number of methoxy groups -OCH3 is 1. The zero-order valence-electron chi connectivity index (χ0n) is 10.7. The van der Waals surface area contributed by atoms with Crippen molar-refractivity contribution < 1.29 is 19.4 Å². The van der Waals surface area contributed by atoms with E-state index in [9.17, 15) is 9.59 Å². The molecule has 0 aliphatic rings. The van der Waals surface area contributed by atoms with Crippen LogP contribution in [-0.4, -0.2) is 49.8 Å². The monoisotopic (exact) mass is 246 g/mol. The lowest BCUT2D eigenvalue weighted by Gasteiger charge is -2.16. The summed E-state index contributed by atoms with van der Waals surface area (Å²) in [6, 6.07) is -0.813. The Morgan fingerprint density at radius 1 is 1.35 bits per heavy atom. The largest absolute Gasteiger partial charge is 0.480 e. The molecule has 0 saturated heterocycles. The molecule has 6 nitrogen and oxygen atoms in total. The van der Waals surface area contributed by atoms with Crippen molar-refractivity contribution in [2.75, 3.05) is 26.8 Å². The Hall–Kier alpha value is -1.14. The third kappa shape index (κ3) is 8.65. The van der Waals surface area contributed by atoms with Gasteiger partial charge >= 0.3 is 5.97 Å². The Kier molecular flexibility index (Phi) is 8.35. The zero-order valence-corrected chi connectivity index (χ0v) is 10.7. The smallest absolute Gasteiger partial charge is 0.326 e. The number of rotatable bonds is 9. The summed E-state index contributed by atoms with van der Waals surface area (Å²) in [6.45, 7) is 5.01. The summed E-state index contributed by atoms with van der Waals surface area (Å²) < 4.78 is 4.81. The van der Waals surface area contributed by atoms with Gasteiger partial charge in [-0.2, -0.15) is 0 Å². The van der Waals surface area contributed by atoms with E-state index in [0.29, 0.717) is 19.6 Å². The molecule has 1 amide bonds. The van der Waals surface area contributed by atoms with Gasteiger partial charge in [0.1, 0.15) is 6.04 Å². The summed E-state index contributed by atoms with van der Waals surface area (Å²) in [6.07, 6.45) is 0.430. The number of ether oxygens (including phenoxy) is 1. The van der Waals surface area contributed by atoms with Crippen LogP contribution in [0.15, 0.2) is 0 Å². The van der Waals surface area contributed by atoms with Gasteiger partial charge in [-0.25, -0.2) is 4.79 Å². The summed E-state index contributed by atoms with van der Waals surface area (Å²) in [5, 5.41) is 14.3. The fourth-order valence-electron chi connectivity index (χ4n) is 1.31. The van der Waals surface area contributed by atoms with E-state index >= 15 is 0 Å². The number of carbonyl (C=O) groups is 2. The maximum atomic E-state index is 11.4. The molecule has 0 heterocycles. The van der Waals surface area contributed by atoms with Crippen LogP contribution in [0.2, 0.25) is 0 Å². The van der Waals surface area contributed by atoms with E-state index in [0.717, 1.165) is 0 Å². The molecule has 0 aromatic carbocycles. The molecule has 0 aliphatic carbocycles. The Morgan fingerprint density at radius 3 is 2.47 bits per heavy atom. The summed E-state index contributed by atoms with van der Waals surface area (Å²) in [5.74, 6) is -1.09. The molecule has 0 rings (SSSR count). The fourth-order valence-corrected chi connectivity index (χ4v) is 1.31. The highest BCUT2D eigenvalue weighted by molar-refractivity contribution is 5.84. The van der Waals surface area contributed by atoms with Crippen molar-refractivity contribution in [3.05, 3.63) is 0 Å². The zero-order chi connectivity index (χ0) is 13.3. The maximum absolute atomic E-state index is 11.4. The summed E-state index contributed by atoms with van der Waals surface area (Å²) in [7, 11) is 1.57. The molecule has 0 aromatic rings. The molecule has 0 bridgehead atoms. The molecule has 1 atom stereocenters. The molecule has 0 unspecified atom stereocenters. The van der Waals surface area contributed by atoms with E-state index in [1.54, 1.807) is 7.11 Å². The summed E-state index contributed by atoms with van der Waals surface area (Å²) in [5.41, 5.74) is 0. The van der Waals surface area contributed by atoms with Crippen LogP contribution in [0.5, 0.6) is 0 Å². The van der Waals surface area contributed by atoms with Gasteiger partial charge in [0.2, 0.25) is 5.91 Å². The third-order valence-corrected chi connectivity index (χ3v) is 2.11. The molecule has 3 N–H and O–H groups in total. The van der Waals surface area contributed by atoms with Gasteiger partial charge in [0, 0.05) is 13.7 Å². The van der Waals surface area contributed by atoms with Gasteiger partial charge in [0.05, 0.1) is 13.2 Å². The van der Waals surface area contributed by atoms with Crippen molar-refractivity contribution >= 4 is 11.9 Å². The van der Waals surface area contributed by atoms with Crippen LogP contribution in [0.4, 0.5) is 0 Å². The van der Waals surface area contributed by atoms with Gasteiger partial charge in [-0.05, 0) is 12.3 Å². The van der Waals surface area contributed by atoms with Crippen LogP contribution in [-0.2, 0) is 14.3 Å². The first kappa shape index (κ1) is 15.9. The molecule has 0 aromatic heterocycles. The third-order valence-electron chi connectivity index (χ3n) is 2.11. The molecule has 0 radical (unpaired) electrons. The standard InChI is InChI=1S/C11H22N2O4/c1-8(2)6-9(11(15)16)13-10(14)7-12-4-5-17-3/h8-9,12H,4-7H2,1-3H3,(H,13,14)(H,15,16)/t9-/m0/s1. The van der Waals surface area contributed by atoms with E-state index in [-0.39, 0.29) is 18.4 Å². The summed E-state index contributed by atoms with van der Waals surface area (Å²) in [4.78, 5) is 22.3. The Bertz CT molecular complexity index is 244. The summed E-state index contributed by atoms with van der Waals surface area (Å²) >= 11 is 0. The minimum absolute atomic E-state index is 0.102. The average molecular weight is 246 g/mol. The molecule has 0 saturated carbocycles. The average Bonchev–Trinajstić information content (AvgIpc) is 2.22. The lowest BCUT2D eigenvalue weighted by Crippen LogP contribution is -2.45. The van der Waals surface area contributed by atoms with Crippen LogP contribution in [0.25, 0.3) is 0 Å². The highest BCUT2D eigenvalue weighted by Gasteiger charge is 2.20. The topological polar surface area (TPSA) is 87.7 Å². The lowest BCUT2D eigenvalue weighted by atomic mass is 10.0. The van der Waals surface area contributed by atoms with E-state index in [1.807, 2.05) is 13.8 Å². The maximum Gasteiger partial charge on any atom is 0.326 e.